The molecule has 0 fully saturated rings. The van der Waals surface area contributed by atoms with E-state index in [4.69, 9.17) is 4.74 Å². The van der Waals surface area contributed by atoms with Crippen LogP contribution in [-0.4, -0.2) is 34.5 Å². The van der Waals surface area contributed by atoms with Crippen molar-refractivity contribution in [3.05, 3.63) is 57.5 Å². The summed E-state index contributed by atoms with van der Waals surface area (Å²) in [5, 5.41) is 4.82. The summed E-state index contributed by atoms with van der Waals surface area (Å²) in [5.74, 6) is 0.536. The number of para-hydroxylation sites is 2. The molecule has 0 bridgehead atoms. The van der Waals surface area contributed by atoms with Gasteiger partial charge in [0.2, 0.25) is 0 Å². The van der Waals surface area contributed by atoms with E-state index in [9.17, 15) is 9.59 Å². The Kier molecular flexibility index (Phi) is 5.04. The molecule has 0 spiro atoms. The number of aromatic nitrogens is 2. The van der Waals surface area contributed by atoms with Gasteiger partial charge in [0, 0.05) is 23.7 Å². The van der Waals surface area contributed by atoms with E-state index in [1.165, 1.54) is 11.3 Å². The summed E-state index contributed by atoms with van der Waals surface area (Å²) in [5.41, 5.74) is 2.37. The first-order valence-electron chi connectivity index (χ1n) is 9.32. The van der Waals surface area contributed by atoms with Gasteiger partial charge in [0.1, 0.15) is 5.75 Å². The molecule has 146 valence electrons. The molecule has 1 aliphatic rings. The van der Waals surface area contributed by atoms with Gasteiger partial charge in [-0.05, 0) is 25.5 Å². The maximum atomic E-state index is 12.5. The van der Waals surface area contributed by atoms with Crippen LogP contribution in [0.25, 0.3) is 4.96 Å². The second kappa shape index (κ2) is 7.63. The summed E-state index contributed by atoms with van der Waals surface area (Å²) < 4.78 is 7.53. The first kappa shape index (κ1) is 18.5. The zero-order valence-corrected chi connectivity index (χ0v) is 16.7. The van der Waals surface area contributed by atoms with Crippen LogP contribution in [0.2, 0.25) is 0 Å². The smallest absolute Gasteiger partial charge is 0.262 e. The number of fused-ring (bicyclic) bond motifs is 2. The van der Waals surface area contributed by atoms with Crippen LogP contribution < -0.4 is 20.5 Å². The fraction of sp³-hybridized carbons (Fsp3) is 0.350. The van der Waals surface area contributed by atoms with Crippen molar-refractivity contribution >= 4 is 27.9 Å². The molecule has 7 nitrogen and oxygen atoms in total. The Bertz CT molecular complexity index is 1070. The van der Waals surface area contributed by atoms with E-state index in [1.54, 1.807) is 10.5 Å². The molecule has 8 heteroatoms. The summed E-state index contributed by atoms with van der Waals surface area (Å²) in [6.07, 6.45) is 0.266. The molecule has 1 amide bonds. The van der Waals surface area contributed by atoms with Gasteiger partial charge < -0.3 is 15.0 Å². The highest BCUT2D eigenvalue weighted by molar-refractivity contribution is 7.15. The lowest BCUT2D eigenvalue weighted by atomic mass is 10.1. The Morgan fingerprint density at radius 2 is 2.21 bits per heavy atom. The molecular weight excluding hydrogens is 376 g/mol. The van der Waals surface area contributed by atoms with Crippen molar-refractivity contribution in [2.45, 2.75) is 32.9 Å². The average Bonchev–Trinajstić information content (AvgIpc) is 3.07. The summed E-state index contributed by atoms with van der Waals surface area (Å²) in [4.78, 5) is 32.3. The third kappa shape index (κ3) is 3.47. The van der Waals surface area contributed by atoms with Crippen LogP contribution in [0.15, 0.2) is 40.5 Å². The van der Waals surface area contributed by atoms with E-state index in [-0.39, 0.29) is 11.5 Å². The molecule has 0 aliphatic carbocycles. The van der Waals surface area contributed by atoms with Gasteiger partial charge in [-0.25, -0.2) is 4.98 Å². The Labute approximate surface area is 166 Å². The highest BCUT2D eigenvalue weighted by Crippen LogP contribution is 2.34. The van der Waals surface area contributed by atoms with Crippen molar-refractivity contribution in [3.63, 3.8) is 0 Å². The number of amides is 1. The van der Waals surface area contributed by atoms with Crippen LogP contribution in [0.5, 0.6) is 5.75 Å². The van der Waals surface area contributed by atoms with Gasteiger partial charge in [0.05, 0.1) is 24.5 Å². The molecule has 2 aromatic heterocycles. The minimum Gasteiger partial charge on any atom is -0.477 e. The number of anilines is 1. The molecule has 4 rings (SSSR count). The van der Waals surface area contributed by atoms with Crippen LogP contribution in [0.3, 0.4) is 0 Å². The number of aryl methyl sites for hydroxylation is 1. The van der Waals surface area contributed by atoms with E-state index < -0.39 is 6.10 Å². The highest BCUT2D eigenvalue weighted by atomic mass is 32.1. The van der Waals surface area contributed by atoms with Gasteiger partial charge in [0.15, 0.2) is 11.1 Å². The largest absolute Gasteiger partial charge is 0.477 e. The fourth-order valence-electron chi connectivity index (χ4n) is 3.33. The standard InChI is InChI=1S/C20H22N4O3S/c1-3-8-21-19(26)17-11-23(15-6-4-5-7-16(15)27-17)10-14-9-18(25)24-13(2)12-28-20(24)22-14/h4-7,9,12,17H,3,8,10-11H2,1-2H3,(H,21,26)/t17-/m1/s1. The van der Waals surface area contributed by atoms with Crippen LogP contribution in [-0.2, 0) is 11.3 Å². The molecule has 3 aromatic rings. The summed E-state index contributed by atoms with van der Waals surface area (Å²) in [6.45, 7) is 5.35. The number of rotatable bonds is 5. The van der Waals surface area contributed by atoms with Crippen LogP contribution >= 0.6 is 11.3 Å². The van der Waals surface area contributed by atoms with Crippen LogP contribution in [0.4, 0.5) is 5.69 Å². The zero-order valence-electron chi connectivity index (χ0n) is 15.8. The molecule has 1 atom stereocenters. The second-order valence-electron chi connectivity index (χ2n) is 6.83. The van der Waals surface area contributed by atoms with Crippen molar-refractivity contribution in [1.29, 1.82) is 0 Å². The number of benzene rings is 1. The lowest BCUT2D eigenvalue weighted by Gasteiger charge is -2.35. The number of ether oxygens (including phenoxy) is 1. The van der Waals surface area contributed by atoms with Crippen molar-refractivity contribution in [2.24, 2.45) is 0 Å². The third-order valence-corrected chi connectivity index (χ3v) is 5.63. The second-order valence-corrected chi connectivity index (χ2v) is 7.66. The van der Waals surface area contributed by atoms with Crippen molar-refractivity contribution < 1.29 is 9.53 Å². The van der Waals surface area contributed by atoms with Crippen LogP contribution in [0.1, 0.15) is 24.7 Å². The van der Waals surface area contributed by atoms with Gasteiger partial charge in [-0.2, -0.15) is 0 Å². The Morgan fingerprint density at radius 3 is 3.04 bits per heavy atom. The SMILES string of the molecule is CCCNC(=O)[C@H]1CN(Cc2cc(=O)n3c(C)csc3n2)c2ccccc2O1. The monoisotopic (exact) mass is 398 g/mol. The Balaban J connectivity index is 1.64. The number of thiazole rings is 1. The molecule has 1 aromatic carbocycles. The molecule has 3 heterocycles. The van der Waals surface area contributed by atoms with Crippen molar-refractivity contribution in [2.75, 3.05) is 18.0 Å². The summed E-state index contributed by atoms with van der Waals surface area (Å²) >= 11 is 1.45. The Morgan fingerprint density at radius 1 is 1.39 bits per heavy atom. The van der Waals surface area contributed by atoms with Crippen molar-refractivity contribution in [3.8, 4) is 5.75 Å². The zero-order chi connectivity index (χ0) is 19.7. The summed E-state index contributed by atoms with van der Waals surface area (Å²) in [7, 11) is 0. The van der Waals surface area contributed by atoms with Gasteiger partial charge in [-0.1, -0.05) is 19.1 Å². The average molecular weight is 398 g/mol. The van der Waals surface area contributed by atoms with E-state index in [2.05, 4.69) is 10.3 Å². The fourth-order valence-corrected chi connectivity index (χ4v) is 4.22. The normalized spacial score (nSPS) is 15.9. The van der Waals surface area contributed by atoms with Crippen LogP contribution in [0, 0.1) is 6.92 Å². The topological polar surface area (TPSA) is 75.9 Å². The Hall–Kier alpha value is -2.87. The van der Waals surface area contributed by atoms with E-state index in [0.717, 1.165) is 17.8 Å². The molecule has 0 radical (unpaired) electrons. The number of nitrogens with one attached hydrogen (secondary N) is 1. The predicted molar refractivity (Wildman–Crippen MR) is 109 cm³/mol. The van der Waals surface area contributed by atoms with E-state index in [0.29, 0.717) is 36.0 Å². The summed E-state index contributed by atoms with van der Waals surface area (Å²) in [6, 6.07) is 9.19. The molecular formula is C20H22N4O3S. The lowest BCUT2D eigenvalue weighted by molar-refractivity contribution is -0.127. The number of hydrogen-bond acceptors (Lipinski definition) is 6. The van der Waals surface area contributed by atoms with E-state index >= 15 is 0 Å². The molecule has 0 unspecified atom stereocenters. The first-order chi connectivity index (χ1) is 13.6. The molecule has 28 heavy (non-hydrogen) atoms. The molecule has 0 saturated heterocycles. The number of nitrogens with zero attached hydrogens (tertiary/aromatic N) is 3. The van der Waals surface area contributed by atoms with Gasteiger partial charge in [-0.15, -0.1) is 11.3 Å². The minimum absolute atomic E-state index is 0.0856. The molecule has 1 N–H and O–H groups in total. The van der Waals surface area contributed by atoms with Gasteiger partial charge in [0.25, 0.3) is 11.5 Å². The third-order valence-electron chi connectivity index (χ3n) is 4.68. The number of carbonyl (C=O) groups excluding carboxylic acids is 1. The number of carbonyl (C=O) groups is 1. The van der Waals surface area contributed by atoms with Gasteiger partial charge in [-0.3, -0.25) is 14.0 Å². The maximum absolute atomic E-state index is 12.5. The highest BCUT2D eigenvalue weighted by Gasteiger charge is 2.30. The van der Waals surface area contributed by atoms with Crippen molar-refractivity contribution in [1.82, 2.24) is 14.7 Å². The molecule has 0 saturated carbocycles. The minimum atomic E-state index is -0.602. The quantitative estimate of drug-likeness (QED) is 0.714. The maximum Gasteiger partial charge on any atom is 0.262 e. The number of hydrogen-bond donors (Lipinski definition) is 1. The van der Waals surface area contributed by atoms with E-state index in [1.807, 2.05) is 48.4 Å². The van der Waals surface area contributed by atoms with Gasteiger partial charge >= 0.3 is 0 Å². The lowest BCUT2D eigenvalue weighted by Crippen LogP contribution is -2.49. The predicted octanol–water partition coefficient (Wildman–Crippen LogP) is 2.36. The first-order valence-corrected chi connectivity index (χ1v) is 10.2. The molecule has 1 aliphatic heterocycles.